The van der Waals surface area contributed by atoms with E-state index in [9.17, 15) is 8.78 Å². The fourth-order valence-corrected chi connectivity index (χ4v) is 0.789. The first kappa shape index (κ1) is 8.13. The molecule has 0 atom stereocenters. The summed E-state index contributed by atoms with van der Waals surface area (Å²) in [6, 6.07) is 1.50. The van der Waals surface area contributed by atoms with E-state index in [0.717, 1.165) is 4.68 Å². The minimum absolute atomic E-state index is 0.257. The lowest BCUT2D eigenvalue weighted by Gasteiger charge is -2.02. The maximum atomic E-state index is 11.8. The van der Waals surface area contributed by atoms with E-state index in [-0.39, 0.29) is 6.61 Å². The average Bonchev–Trinajstić information content (AvgIpc) is 2.34. The summed E-state index contributed by atoms with van der Waals surface area (Å²) in [6.07, 6.45) is -1.05. The van der Waals surface area contributed by atoms with Crippen molar-refractivity contribution in [3.63, 3.8) is 0 Å². The van der Waals surface area contributed by atoms with Gasteiger partial charge in [0.25, 0.3) is 6.43 Å². The highest BCUT2D eigenvalue weighted by atomic mass is 19.3. The Morgan fingerprint density at radius 1 is 1.64 bits per heavy atom. The molecule has 0 saturated heterocycles. The van der Waals surface area contributed by atoms with Gasteiger partial charge in [0.05, 0.1) is 12.3 Å². The molecule has 0 aliphatic rings. The maximum Gasteiger partial charge on any atom is 0.257 e. The summed E-state index contributed by atoms with van der Waals surface area (Å²) in [5.74, 6) is 0. The summed E-state index contributed by atoms with van der Waals surface area (Å²) in [5.41, 5.74) is 0.408. The van der Waals surface area contributed by atoms with Crippen LogP contribution in [0.25, 0.3) is 0 Å². The molecule has 0 aliphatic heterocycles. The lowest BCUT2D eigenvalue weighted by Crippen LogP contribution is -2.11. The molecule has 1 aromatic rings. The predicted molar refractivity (Wildman–Crippen MR) is 34.2 cm³/mol. The molecular formula is C6H8F2N2O. The van der Waals surface area contributed by atoms with Crippen molar-refractivity contribution >= 4 is 0 Å². The zero-order chi connectivity index (χ0) is 8.27. The molecule has 1 aromatic heterocycles. The lowest BCUT2D eigenvalue weighted by atomic mass is 10.4. The third kappa shape index (κ3) is 1.98. The fraction of sp³-hybridized carbons (Fsp3) is 0.500. The summed E-state index contributed by atoms with van der Waals surface area (Å²) in [6.45, 7) is -0.713. The van der Waals surface area contributed by atoms with Crippen molar-refractivity contribution in [2.45, 2.75) is 19.6 Å². The monoisotopic (exact) mass is 162 g/mol. The van der Waals surface area contributed by atoms with Crippen LogP contribution in [0, 0.1) is 0 Å². The van der Waals surface area contributed by atoms with E-state index in [0.29, 0.717) is 5.69 Å². The van der Waals surface area contributed by atoms with Crippen molar-refractivity contribution in [2.75, 3.05) is 0 Å². The second-order valence-corrected chi connectivity index (χ2v) is 2.05. The Labute approximate surface area is 62.3 Å². The van der Waals surface area contributed by atoms with Crippen molar-refractivity contribution in [3.05, 3.63) is 18.0 Å². The molecule has 0 radical (unpaired) electrons. The largest absolute Gasteiger partial charge is 0.390 e. The lowest BCUT2D eigenvalue weighted by molar-refractivity contribution is 0.118. The van der Waals surface area contributed by atoms with E-state index in [1.807, 2.05) is 0 Å². The van der Waals surface area contributed by atoms with Crippen LogP contribution < -0.4 is 0 Å². The Morgan fingerprint density at radius 3 is 2.91 bits per heavy atom. The molecule has 1 heterocycles. The third-order valence-corrected chi connectivity index (χ3v) is 1.28. The van der Waals surface area contributed by atoms with Gasteiger partial charge < -0.3 is 5.11 Å². The number of rotatable bonds is 3. The van der Waals surface area contributed by atoms with Crippen LogP contribution >= 0.6 is 0 Å². The van der Waals surface area contributed by atoms with Gasteiger partial charge in [0.2, 0.25) is 0 Å². The molecule has 0 bridgehead atoms. The van der Waals surface area contributed by atoms with E-state index >= 15 is 0 Å². The summed E-state index contributed by atoms with van der Waals surface area (Å²) in [5, 5.41) is 12.2. The number of alkyl halides is 2. The average molecular weight is 162 g/mol. The quantitative estimate of drug-likeness (QED) is 0.708. The van der Waals surface area contributed by atoms with Crippen LogP contribution in [0.4, 0.5) is 8.78 Å². The van der Waals surface area contributed by atoms with Crippen LogP contribution in [-0.2, 0) is 13.2 Å². The van der Waals surface area contributed by atoms with Crippen LogP contribution in [0.2, 0.25) is 0 Å². The van der Waals surface area contributed by atoms with Gasteiger partial charge in [-0.15, -0.1) is 0 Å². The van der Waals surface area contributed by atoms with E-state index < -0.39 is 13.0 Å². The molecular weight excluding hydrogens is 154 g/mol. The van der Waals surface area contributed by atoms with Gasteiger partial charge >= 0.3 is 0 Å². The second kappa shape index (κ2) is 3.43. The van der Waals surface area contributed by atoms with Crippen molar-refractivity contribution in [2.24, 2.45) is 0 Å². The van der Waals surface area contributed by atoms with E-state index in [1.165, 1.54) is 12.3 Å². The van der Waals surface area contributed by atoms with E-state index in [1.54, 1.807) is 0 Å². The van der Waals surface area contributed by atoms with Crippen molar-refractivity contribution in [1.82, 2.24) is 9.78 Å². The number of aromatic nitrogens is 2. The first-order chi connectivity index (χ1) is 5.24. The molecule has 62 valence electrons. The first-order valence-electron chi connectivity index (χ1n) is 3.13. The topological polar surface area (TPSA) is 38.1 Å². The van der Waals surface area contributed by atoms with Crippen molar-refractivity contribution < 1.29 is 13.9 Å². The zero-order valence-corrected chi connectivity index (χ0v) is 5.74. The highest BCUT2D eigenvalue weighted by Crippen LogP contribution is 2.02. The minimum Gasteiger partial charge on any atom is -0.390 e. The van der Waals surface area contributed by atoms with Gasteiger partial charge in [-0.25, -0.2) is 8.78 Å². The smallest absolute Gasteiger partial charge is 0.257 e. The molecule has 0 amide bonds. The van der Waals surface area contributed by atoms with Crippen molar-refractivity contribution in [3.8, 4) is 0 Å². The van der Waals surface area contributed by atoms with Crippen LogP contribution in [0.15, 0.2) is 12.3 Å². The summed E-state index contributed by atoms with van der Waals surface area (Å²) >= 11 is 0. The molecule has 1 rings (SSSR count). The minimum atomic E-state index is -2.43. The van der Waals surface area contributed by atoms with E-state index in [2.05, 4.69) is 5.10 Å². The normalized spacial score (nSPS) is 10.9. The van der Waals surface area contributed by atoms with Crippen LogP contribution in [-0.4, -0.2) is 21.3 Å². The Kier molecular flexibility index (Phi) is 2.53. The number of aliphatic hydroxyl groups is 1. The number of hydrogen-bond acceptors (Lipinski definition) is 2. The van der Waals surface area contributed by atoms with Crippen LogP contribution in [0.5, 0.6) is 0 Å². The number of hydrogen-bond donors (Lipinski definition) is 1. The maximum absolute atomic E-state index is 11.8. The molecule has 0 aromatic carbocycles. The number of nitrogens with zero attached hydrogens (tertiary/aromatic N) is 2. The summed E-state index contributed by atoms with van der Waals surface area (Å²) in [7, 11) is 0. The first-order valence-corrected chi connectivity index (χ1v) is 3.13. The fourth-order valence-electron chi connectivity index (χ4n) is 0.789. The third-order valence-electron chi connectivity index (χ3n) is 1.28. The Balaban J connectivity index is 2.68. The Morgan fingerprint density at radius 2 is 2.36 bits per heavy atom. The van der Waals surface area contributed by atoms with Gasteiger partial charge in [-0.05, 0) is 6.07 Å². The highest BCUT2D eigenvalue weighted by Gasteiger charge is 2.07. The molecule has 5 heteroatoms. The number of halogens is 2. The van der Waals surface area contributed by atoms with Gasteiger partial charge in [-0.1, -0.05) is 0 Å². The molecule has 1 N–H and O–H groups in total. The molecule has 0 aliphatic carbocycles. The van der Waals surface area contributed by atoms with Gasteiger partial charge in [-0.3, -0.25) is 4.68 Å². The molecule has 3 nitrogen and oxygen atoms in total. The van der Waals surface area contributed by atoms with Crippen molar-refractivity contribution in [1.29, 1.82) is 0 Å². The highest BCUT2D eigenvalue weighted by molar-refractivity contribution is 4.98. The second-order valence-electron chi connectivity index (χ2n) is 2.05. The Hall–Kier alpha value is -0.970. The van der Waals surface area contributed by atoms with Gasteiger partial charge in [0.15, 0.2) is 0 Å². The predicted octanol–water partition coefficient (Wildman–Crippen LogP) is 0.641. The van der Waals surface area contributed by atoms with Gasteiger partial charge in [-0.2, -0.15) is 5.10 Å². The molecule has 11 heavy (non-hydrogen) atoms. The summed E-state index contributed by atoms with van der Waals surface area (Å²) in [4.78, 5) is 0. The zero-order valence-electron chi connectivity index (χ0n) is 5.74. The molecule has 0 spiro atoms. The summed E-state index contributed by atoms with van der Waals surface area (Å²) < 4.78 is 24.6. The number of aliphatic hydroxyl groups excluding tert-OH is 1. The van der Waals surface area contributed by atoms with Gasteiger partial charge in [0.1, 0.15) is 6.54 Å². The molecule has 0 fully saturated rings. The standard InChI is InChI=1S/C6H8F2N2O/c7-6(8)3-10-5(4-11)1-2-9-10/h1-2,6,11H,3-4H2. The Bertz CT molecular complexity index is 224. The molecule has 0 unspecified atom stereocenters. The SMILES string of the molecule is OCc1ccnn1CC(F)F. The van der Waals surface area contributed by atoms with Gasteiger partial charge in [0, 0.05) is 6.20 Å². The van der Waals surface area contributed by atoms with E-state index in [4.69, 9.17) is 5.11 Å². The molecule has 0 saturated carbocycles. The van der Waals surface area contributed by atoms with Crippen LogP contribution in [0.3, 0.4) is 0 Å². The van der Waals surface area contributed by atoms with Crippen LogP contribution in [0.1, 0.15) is 5.69 Å².